The Kier molecular flexibility index (Phi) is 8.10. The van der Waals surface area contributed by atoms with Crippen molar-refractivity contribution in [3.8, 4) is 0 Å². The van der Waals surface area contributed by atoms with E-state index in [1.54, 1.807) is 4.90 Å². The molecule has 2 amide bonds. The van der Waals surface area contributed by atoms with Crippen LogP contribution in [0.5, 0.6) is 0 Å². The van der Waals surface area contributed by atoms with E-state index in [2.05, 4.69) is 10.6 Å². The molecular weight excluding hydrogens is 385 g/mol. The first-order chi connectivity index (χ1) is 12.6. The van der Waals surface area contributed by atoms with Gasteiger partial charge in [-0.15, -0.1) is 12.4 Å². The predicted molar refractivity (Wildman–Crippen MR) is 109 cm³/mol. The van der Waals surface area contributed by atoms with Crippen LogP contribution in [-0.4, -0.2) is 42.9 Å². The molecule has 144 valence electrons. The van der Waals surface area contributed by atoms with Gasteiger partial charge in [-0.25, -0.2) is 0 Å². The minimum atomic E-state index is -0.158. The predicted octanol–water partition coefficient (Wildman–Crippen LogP) is 2.59. The Balaban J connectivity index is 0.00000261. The summed E-state index contributed by atoms with van der Waals surface area (Å²) in [6, 6.07) is 16.9. The van der Waals surface area contributed by atoms with Crippen LogP contribution >= 0.6 is 24.0 Å². The van der Waals surface area contributed by atoms with Gasteiger partial charge in [0, 0.05) is 24.7 Å². The highest BCUT2D eigenvalue weighted by Gasteiger charge is 2.29. The van der Waals surface area contributed by atoms with E-state index in [1.165, 1.54) is 0 Å². The number of hydrogen-bond acceptors (Lipinski definition) is 3. The van der Waals surface area contributed by atoms with Crippen molar-refractivity contribution in [2.24, 2.45) is 0 Å². The van der Waals surface area contributed by atoms with Crippen molar-refractivity contribution in [1.82, 2.24) is 15.5 Å². The second-order valence-electron chi connectivity index (χ2n) is 6.27. The molecule has 0 spiro atoms. The lowest BCUT2D eigenvalue weighted by molar-refractivity contribution is -0.135. The van der Waals surface area contributed by atoms with Crippen molar-refractivity contribution in [2.75, 3.05) is 26.2 Å². The number of carbonyl (C=O) groups is 2. The van der Waals surface area contributed by atoms with Crippen molar-refractivity contribution < 1.29 is 9.59 Å². The van der Waals surface area contributed by atoms with Gasteiger partial charge in [0.25, 0.3) is 0 Å². The van der Waals surface area contributed by atoms with Crippen LogP contribution in [0.2, 0.25) is 5.02 Å². The van der Waals surface area contributed by atoms with E-state index in [-0.39, 0.29) is 43.2 Å². The van der Waals surface area contributed by atoms with E-state index < -0.39 is 0 Å². The first-order valence-electron chi connectivity index (χ1n) is 8.70. The Hall–Kier alpha value is -2.08. The van der Waals surface area contributed by atoms with Gasteiger partial charge in [-0.2, -0.15) is 0 Å². The van der Waals surface area contributed by atoms with E-state index in [0.717, 1.165) is 17.7 Å². The van der Waals surface area contributed by atoms with Crippen molar-refractivity contribution in [3.63, 3.8) is 0 Å². The summed E-state index contributed by atoms with van der Waals surface area (Å²) in [7, 11) is 0. The number of hydrogen-bond donors (Lipinski definition) is 2. The molecule has 1 aliphatic rings. The highest BCUT2D eigenvalue weighted by Crippen LogP contribution is 2.28. The normalized spacial score (nSPS) is 16.3. The summed E-state index contributed by atoms with van der Waals surface area (Å²) >= 11 is 6.31. The average molecular weight is 408 g/mol. The lowest BCUT2D eigenvalue weighted by Crippen LogP contribution is -2.51. The van der Waals surface area contributed by atoms with E-state index in [4.69, 9.17) is 11.6 Å². The molecule has 0 bridgehead atoms. The fourth-order valence-electron chi connectivity index (χ4n) is 3.15. The highest BCUT2D eigenvalue weighted by atomic mass is 35.5. The van der Waals surface area contributed by atoms with E-state index >= 15 is 0 Å². The van der Waals surface area contributed by atoms with Crippen LogP contribution in [0.1, 0.15) is 17.2 Å². The van der Waals surface area contributed by atoms with E-state index in [9.17, 15) is 9.59 Å². The molecule has 0 saturated carbocycles. The molecule has 7 heteroatoms. The summed E-state index contributed by atoms with van der Waals surface area (Å²) in [5.41, 5.74) is 1.85. The van der Waals surface area contributed by atoms with Crippen molar-refractivity contribution in [1.29, 1.82) is 0 Å². The van der Waals surface area contributed by atoms with Gasteiger partial charge in [-0.1, -0.05) is 60.1 Å². The molecule has 0 aromatic heterocycles. The standard InChI is InChI=1S/C20H22ClN3O2.ClH/c21-17-9-5-4-8-16(17)18-13-22-10-11-24(18)20(26)14-23-19(25)12-15-6-2-1-3-7-15;/h1-9,18,22H,10-14H2,(H,23,25);1H. The van der Waals surface area contributed by atoms with Gasteiger partial charge in [0.2, 0.25) is 11.8 Å². The molecule has 2 aromatic carbocycles. The van der Waals surface area contributed by atoms with Crippen LogP contribution in [0.15, 0.2) is 54.6 Å². The first kappa shape index (κ1) is 21.2. The van der Waals surface area contributed by atoms with Gasteiger partial charge in [0.1, 0.15) is 0 Å². The first-order valence-corrected chi connectivity index (χ1v) is 9.08. The molecule has 5 nitrogen and oxygen atoms in total. The molecule has 0 aliphatic carbocycles. The average Bonchev–Trinajstić information content (AvgIpc) is 2.67. The molecule has 3 rings (SSSR count). The van der Waals surface area contributed by atoms with Crippen LogP contribution in [0.3, 0.4) is 0 Å². The SMILES string of the molecule is Cl.O=C(Cc1ccccc1)NCC(=O)N1CCNCC1c1ccccc1Cl. The fraction of sp³-hybridized carbons (Fsp3) is 0.300. The molecule has 27 heavy (non-hydrogen) atoms. The minimum absolute atomic E-state index is 0. The quantitative estimate of drug-likeness (QED) is 0.800. The maximum absolute atomic E-state index is 12.7. The van der Waals surface area contributed by atoms with Gasteiger partial charge < -0.3 is 15.5 Å². The Labute approximate surface area is 170 Å². The summed E-state index contributed by atoms with van der Waals surface area (Å²) in [5, 5.41) is 6.68. The van der Waals surface area contributed by atoms with Gasteiger partial charge >= 0.3 is 0 Å². The lowest BCUT2D eigenvalue weighted by Gasteiger charge is -2.37. The Morgan fingerprint density at radius 3 is 2.56 bits per heavy atom. The molecule has 1 fully saturated rings. The molecule has 1 unspecified atom stereocenters. The van der Waals surface area contributed by atoms with Crippen molar-refractivity contribution in [3.05, 3.63) is 70.7 Å². The topological polar surface area (TPSA) is 61.4 Å². The van der Waals surface area contributed by atoms with Crippen LogP contribution in [0.4, 0.5) is 0 Å². The van der Waals surface area contributed by atoms with Crippen LogP contribution in [0, 0.1) is 0 Å². The second-order valence-corrected chi connectivity index (χ2v) is 6.67. The summed E-state index contributed by atoms with van der Waals surface area (Å²) in [6.07, 6.45) is 0.267. The third kappa shape index (κ3) is 5.70. The zero-order chi connectivity index (χ0) is 18.4. The Morgan fingerprint density at radius 2 is 1.81 bits per heavy atom. The molecule has 2 N–H and O–H groups in total. The van der Waals surface area contributed by atoms with Crippen LogP contribution in [-0.2, 0) is 16.0 Å². The largest absolute Gasteiger partial charge is 0.347 e. The van der Waals surface area contributed by atoms with Gasteiger partial charge in [-0.05, 0) is 17.2 Å². The van der Waals surface area contributed by atoms with E-state index in [0.29, 0.717) is 18.1 Å². The maximum atomic E-state index is 12.7. The summed E-state index contributed by atoms with van der Waals surface area (Å²) < 4.78 is 0. The number of nitrogens with one attached hydrogen (secondary N) is 2. The summed E-state index contributed by atoms with van der Waals surface area (Å²) in [6.45, 7) is 1.95. The monoisotopic (exact) mass is 407 g/mol. The van der Waals surface area contributed by atoms with Gasteiger partial charge in [0.05, 0.1) is 19.0 Å². The number of rotatable bonds is 5. The lowest BCUT2D eigenvalue weighted by atomic mass is 10.0. The van der Waals surface area contributed by atoms with Crippen LogP contribution in [0.25, 0.3) is 0 Å². The molecule has 1 aliphatic heterocycles. The van der Waals surface area contributed by atoms with Crippen molar-refractivity contribution in [2.45, 2.75) is 12.5 Å². The number of benzene rings is 2. The zero-order valence-electron chi connectivity index (χ0n) is 14.9. The van der Waals surface area contributed by atoms with Crippen LogP contribution < -0.4 is 10.6 Å². The Bertz CT molecular complexity index is 771. The minimum Gasteiger partial charge on any atom is -0.347 e. The Morgan fingerprint density at radius 1 is 1.11 bits per heavy atom. The fourth-order valence-corrected chi connectivity index (χ4v) is 3.41. The van der Waals surface area contributed by atoms with Gasteiger partial charge in [0.15, 0.2) is 0 Å². The molecule has 2 aromatic rings. The molecule has 0 radical (unpaired) electrons. The third-order valence-corrected chi connectivity index (χ3v) is 4.82. The molecule has 1 heterocycles. The highest BCUT2D eigenvalue weighted by molar-refractivity contribution is 6.31. The second kappa shape index (κ2) is 10.3. The maximum Gasteiger partial charge on any atom is 0.242 e. The molecular formula is C20H23Cl2N3O2. The number of carbonyl (C=O) groups excluding carboxylic acids is 2. The van der Waals surface area contributed by atoms with Crippen molar-refractivity contribution >= 4 is 35.8 Å². The smallest absolute Gasteiger partial charge is 0.242 e. The number of piperazine rings is 1. The number of halogens is 2. The third-order valence-electron chi connectivity index (χ3n) is 4.47. The summed E-state index contributed by atoms with van der Waals surface area (Å²) in [4.78, 5) is 26.6. The molecule has 1 atom stereocenters. The number of nitrogens with zero attached hydrogens (tertiary/aromatic N) is 1. The zero-order valence-corrected chi connectivity index (χ0v) is 16.4. The molecule has 1 saturated heterocycles. The van der Waals surface area contributed by atoms with Gasteiger partial charge in [-0.3, -0.25) is 9.59 Å². The van der Waals surface area contributed by atoms with E-state index in [1.807, 2.05) is 54.6 Å². The number of amides is 2. The summed E-state index contributed by atoms with van der Waals surface area (Å²) in [5.74, 6) is -0.258.